The Morgan fingerprint density at radius 2 is 1.81 bits per heavy atom. The minimum atomic E-state index is -0.230. The SMILES string of the molecule is C[C@H]1C[C@@H]1c1ccc(/C=C/C(=O)Nc2ccc(C(=O)N3CCCC3)cc2)o1. The van der Waals surface area contributed by atoms with Crippen LogP contribution in [0.1, 0.15) is 54.0 Å². The quantitative estimate of drug-likeness (QED) is 0.805. The van der Waals surface area contributed by atoms with Crippen LogP contribution >= 0.6 is 0 Å². The first-order valence-corrected chi connectivity index (χ1v) is 9.58. The predicted octanol–water partition coefficient (Wildman–Crippen LogP) is 4.29. The summed E-state index contributed by atoms with van der Waals surface area (Å²) in [6.07, 6.45) is 6.46. The van der Waals surface area contributed by atoms with Gasteiger partial charge in [0.15, 0.2) is 0 Å². The number of nitrogens with zero attached hydrogens (tertiary/aromatic N) is 1. The van der Waals surface area contributed by atoms with E-state index in [0.717, 1.165) is 31.7 Å². The van der Waals surface area contributed by atoms with Crippen molar-refractivity contribution in [1.29, 1.82) is 0 Å². The molecule has 0 unspecified atom stereocenters. The molecule has 140 valence electrons. The highest BCUT2D eigenvalue weighted by Gasteiger charge is 2.36. The van der Waals surface area contributed by atoms with Crippen LogP contribution in [0.3, 0.4) is 0 Å². The molecule has 2 aliphatic rings. The summed E-state index contributed by atoms with van der Waals surface area (Å²) in [6, 6.07) is 10.9. The maximum Gasteiger partial charge on any atom is 0.253 e. The molecule has 0 spiro atoms. The lowest BCUT2D eigenvalue weighted by Gasteiger charge is -2.15. The van der Waals surface area contributed by atoms with E-state index in [1.54, 1.807) is 30.3 Å². The molecule has 2 fully saturated rings. The third-order valence-electron chi connectivity index (χ3n) is 5.31. The molecule has 2 atom stereocenters. The van der Waals surface area contributed by atoms with Gasteiger partial charge in [-0.05, 0) is 67.7 Å². The molecule has 2 heterocycles. The number of likely N-dealkylation sites (tertiary alicyclic amines) is 1. The average molecular weight is 364 g/mol. The molecule has 1 aliphatic heterocycles. The summed E-state index contributed by atoms with van der Waals surface area (Å²) in [4.78, 5) is 26.3. The number of benzene rings is 1. The molecule has 0 bridgehead atoms. The molecule has 1 aliphatic carbocycles. The smallest absolute Gasteiger partial charge is 0.253 e. The molecule has 2 aromatic rings. The normalized spacial score (nSPS) is 21.6. The zero-order valence-electron chi connectivity index (χ0n) is 15.5. The largest absolute Gasteiger partial charge is 0.461 e. The predicted molar refractivity (Wildman–Crippen MR) is 104 cm³/mol. The van der Waals surface area contributed by atoms with Crippen LogP contribution in [0.2, 0.25) is 0 Å². The Morgan fingerprint density at radius 1 is 1.11 bits per heavy atom. The summed E-state index contributed by atoms with van der Waals surface area (Å²) in [5.41, 5.74) is 1.32. The number of carbonyl (C=O) groups excluding carboxylic acids is 2. The van der Waals surface area contributed by atoms with E-state index in [1.807, 2.05) is 17.0 Å². The van der Waals surface area contributed by atoms with Gasteiger partial charge in [-0.1, -0.05) is 6.92 Å². The van der Waals surface area contributed by atoms with Crippen molar-refractivity contribution >= 4 is 23.6 Å². The fourth-order valence-electron chi connectivity index (χ4n) is 3.52. The van der Waals surface area contributed by atoms with Crippen LogP contribution in [-0.2, 0) is 4.79 Å². The number of amides is 2. The highest BCUT2D eigenvalue weighted by atomic mass is 16.3. The topological polar surface area (TPSA) is 62.6 Å². The number of hydrogen-bond donors (Lipinski definition) is 1. The Labute approximate surface area is 159 Å². The molecule has 4 rings (SSSR count). The first-order chi connectivity index (χ1) is 13.1. The van der Waals surface area contributed by atoms with Crippen LogP contribution in [0.5, 0.6) is 0 Å². The van der Waals surface area contributed by atoms with Gasteiger partial charge in [0.1, 0.15) is 11.5 Å². The molecule has 1 aromatic heterocycles. The summed E-state index contributed by atoms with van der Waals surface area (Å²) in [6.45, 7) is 3.87. The lowest BCUT2D eigenvalue weighted by atomic mass is 10.2. The zero-order chi connectivity index (χ0) is 18.8. The van der Waals surface area contributed by atoms with Gasteiger partial charge in [0, 0.05) is 36.3 Å². The van der Waals surface area contributed by atoms with Crippen molar-refractivity contribution in [3.8, 4) is 0 Å². The lowest BCUT2D eigenvalue weighted by Crippen LogP contribution is -2.27. The molecule has 1 saturated heterocycles. The molecule has 27 heavy (non-hydrogen) atoms. The maximum absolute atomic E-state index is 12.3. The van der Waals surface area contributed by atoms with Gasteiger partial charge >= 0.3 is 0 Å². The van der Waals surface area contributed by atoms with Crippen molar-refractivity contribution in [2.45, 2.75) is 32.1 Å². The van der Waals surface area contributed by atoms with Crippen molar-refractivity contribution in [3.63, 3.8) is 0 Å². The minimum absolute atomic E-state index is 0.0591. The first kappa shape index (κ1) is 17.6. The third-order valence-corrected chi connectivity index (χ3v) is 5.31. The van der Waals surface area contributed by atoms with Gasteiger partial charge in [-0.25, -0.2) is 0 Å². The van der Waals surface area contributed by atoms with Crippen LogP contribution < -0.4 is 5.32 Å². The molecule has 5 nitrogen and oxygen atoms in total. The second kappa shape index (κ2) is 7.43. The molecule has 1 aromatic carbocycles. The van der Waals surface area contributed by atoms with Gasteiger partial charge < -0.3 is 14.6 Å². The van der Waals surface area contributed by atoms with Gasteiger partial charge in [-0.3, -0.25) is 9.59 Å². The zero-order valence-corrected chi connectivity index (χ0v) is 15.5. The monoisotopic (exact) mass is 364 g/mol. The van der Waals surface area contributed by atoms with Crippen LogP contribution in [0, 0.1) is 5.92 Å². The van der Waals surface area contributed by atoms with E-state index < -0.39 is 0 Å². The molecule has 1 N–H and O–H groups in total. The summed E-state index contributed by atoms with van der Waals surface area (Å²) in [5, 5.41) is 2.80. The number of nitrogens with one attached hydrogen (secondary N) is 1. The molecule has 1 saturated carbocycles. The van der Waals surface area contributed by atoms with E-state index >= 15 is 0 Å². The molecular formula is C22H24N2O3. The van der Waals surface area contributed by atoms with Gasteiger partial charge in [0.05, 0.1) is 0 Å². The van der Waals surface area contributed by atoms with Gasteiger partial charge in [-0.2, -0.15) is 0 Å². The summed E-state index contributed by atoms with van der Waals surface area (Å²) in [7, 11) is 0. The van der Waals surface area contributed by atoms with Gasteiger partial charge in [0.2, 0.25) is 5.91 Å². The Kier molecular flexibility index (Phi) is 4.84. The van der Waals surface area contributed by atoms with Crippen LogP contribution in [-0.4, -0.2) is 29.8 Å². The Hall–Kier alpha value is -2.82. The number of hydrogen-bond acceptors (Lipinski definition) is 3. The Bertz CT molecular complexity index is 860. The highest BCUT2D eigenvalue weighted by molar-refractivity contribution is 6.02. The van der Waals surface area contributed by atoms with Gasteiger partial charge in [0.25, 0.3) is 5.91 Å². The standard InChI is InChI=1S/C22H24N2O3/c1-15-14-19(15)20-10-8-18(27-20)9-11-21(25)23-17-6-4-16(5-7-17)22(26)24-12-2-3-13-24/h4-11,15,19H,2-3,12-14H2,1H3,(H,23,25)/b11-9+/t15-,19-/m0/s1. The summed E-state index contributed by atoms with van der Waals surface area (Å²) < 4.78 is 5.76. The molecular weight excluding hydrogens is 340 g/mol. The van der Waals surface area contributed by atoms with Crippen LogP contribution in [0.4, 0.5) is 5.69 Å². The fourth-order valence-corrected chi connectivity index (χ4v) is 3.52. The summed E-state index contributed by atoms with van der Waals surface area (Å²) in [5.74, 6) is 2.74. The minimum Gasteiger partial charge on any atom is -0.461 e. The van der Waals surface area contributed by atoms with Crippen molar-refractivity contribution in [2.24, 2.45) is 5.92 Å². The fraction of sp³-hybridized carbons (Fsp3) is 0.364. The van der Waals surface area contributed by atoms with Crippen molar-refractivity contribution in [1.82, 2.24) is 4.90 Å². The Balaban J connectivity index is 1.32. The number of furan rings is 1. The third kappa shape index (κ3) is 4.13. The molecule has 0 radical (unpaired) electrons. The van der Waals surface area contributed by atoms with E-state index in [1.165, 1.54) is 12.5 Å². The first-order valence-electron chi connectivity index (χ1n) is 9.58. The number of anilines is 1. The number of carbonyl (C=O) groups is 2. The Morgan fingerprint density at radius 3 is 2.48 bits per heavy atom. The van der Waals surface area contributed by atoms with Crippen molar-refractivity contribution in [3.05, 3.63) is 59.6 Å². The second-order valence-corrected chi connectivity index (χ2v) is 7.46. The summed E-state index contributed by atoms with van der Waals surface area (Å²) >= 11 is 0. The number of rotatable bonds is 5. The van der Waals surface area contributed by atoms with E-state index in [4.69, 9.17) is 4.42 Å². The van der Waals surface area contributed by atoms with E-state index in [9.17, 15) is 9.59 Å². The lowest BCUT2D eigenvalue weighted by molar-refractivity contribution is -0.111. The van der Waals surface area contributed by atoms with Crippen molar-refractivity contribution in [2.75, 3.05) is 18.4 Å². The van der Waals surface area contributed by atoms with E-state index in [0.29, 0.717) is 28.8 Å². The van der Waals surface area contributed by atoms with E-state index in [2.05, 4.69) is 12.2 Å². The van der Waals surface area contributed by atoms with Crippen LogP contribution in [0.25, 0.3) is 6.08 Å². The van der Waals surface area contributed by atoms with E-state index in [-0.39, 0.29) is 11.8 Å². The maximum atomic E-state index is 12.3. The molecule has 5 heteroatoms. The van der Waals surface area contributed by atoms with Crippen LogP contribution in [0.15, 0.2) is 46.9 Å². The van der Waals surface area contributed by atoms with Crippen molar-refractivity contribution < 1.29 is 14.0 Å². The highest BCUT2D eigenvalue weighted by Crippen LogP contribution is 2.47. The second-order valence-electron chi connectivity index (χ2n) is 7.46. The molecule has 2 amide bonds. The van der Waals surface area contributed by atoms with Gasteiger partial charge in [-0.15, -0.1) is 0 Å². The average Bonchev–Trinajstić information content (AvgIpc) is 3.11.